The van der Waals surface area contributed by atoms with Crippen LogP contribution in [0.25, 0.3) is 0 Å². The molecule has 7 nitrogen and oxygen atoms in total. The largest absolute Gasteiger partial charge is 0.486 e. The molecule has 4 rings (SSSR count). The van der Waals surface area contributed by atoms with Crippen LogP contribution in [-0.4, -0.2) is 34.1 Å². The molecule has 1 amide bonds. The lowest BCUT2D eigenvalue weighted by molar-refractivity contribution is -0.119. The predicted molar refractivity (Wildman–Crippen MR) is 106 cm³/mol. The first-order valence-electron chi connectivity index (χ1n) is 9.27. The fraction of sp³-hybridized carbons (Fsp3) is 0.350. The second kappa shape index (κ2) is 7.35. The van der Waals surface area contributed by atoms with Crippen LogP contribution < -0.4 is 19.1 Å². The number of nitrogens with one attached hydrogen (secondary N) is 1. The van der Waals surface area contributed by atoms with Crippen LogP contribution in [0, 0.1) is 6.92 Å². The third-order valence-corrected chi connectivity index (χ3v) is 6.27. The van der Waals surface area contributed by atoms with Crippen LogP contribution in [0.15, 0.2) is 41.3 Å². The van der Waals surface area contributed by atoms with Gasteiger partial charge in [0.1, 0.15) is 13.2 Å². The molecule has 2 aliphatic heterocycles. The SMILES string of the molecule is Cc1cc(NS(=O)(=O)c2ccc3c(c2)OCCO3)ccc1N1CCCCC1=O. The van der Waals surface area contributed by atoms with E-state index < -0.39 is 10.0 Å². The number of fused-ring (bicyclic) bond motifs is 1. The van der Waals surface area contributed by atoms with E-state index in [2.05, 4.69) is 4.72 Å². The second-order valence-corrected chi connectivity index (χ2v) is 8.60. The van der Waals surface area contributed by atoms with Crippen LogP contribution in [0.1, 0.15) is 24.8 Å². The van der Waals surface area contributed by atoms with Crippen molar-refractivity contribution >= 4 is 27.3 Å². The van der Waals surface area contributed by atoms with Crippen molar-refractivity contribution in [2.45, 2.75) is 31.1 Å². The van der Waals surface area contributed by atoms with Crippen molar-refractivity contribution in [3.05, 3.63) is 42.0 Å². The van der Waals surface area contributed by atoms with Crippen LogP contribution in [-0.2, 0) is 14.8 Å². The summed E-state index contributed by atoms with van der Waals surface area (Å²) in [5.41, 5.74) is 2.12. The molecule has 2 aromatic rings. The third-order valence-electron chi connectivity index (χ3n) is 4.89. The maximum absolute atomic E-state index is 12.8. The van der Waals surface area contributed by atoms with E-state index in [0.29, 0.717) is 43.4 Å². The first-order chi connectivity index (χ1) is 13.4. The van der Waals surface area contributed by atoms with Crippen molar-refractivity contribution < 1.29 is 22.7 Å². The van der Waals surface area contributed by atoms with E-state index in [1.54, 1.807) is 29.2 Å². The van der Waals surface area contributed by atoms with Gasteiger partial charge >= 0.3 is 0 Å². The number of anilines is 2. The number of hydrogen-bond acceptors (Lipinski definition) is 5. The minimum atomic E-state index is -3.78. The summed E-state index contributed by atoms with van der Waals surface area (Å²) in [5, 5.41) is 0. The lowest BCUT2D eigenvalue weighted by Crippen LogP contribution is -2.35. The Kier molecular flexibility index (Phi) is 4.89. The first kappa shape index (κ1) is 18.6. The molecule has 2 heterocycles. The van der Waals surface area contributed by atoms with Gasteiger partial charge in [0.15, 0.2) is 11.5 Å². The van der Waals surface area contributed by atoms with Gasteiger partial charge < -0.3 is 14.4 Å². The number of benzene rings is 2. The predicted octanol–water partition coefficient (Wildman–Crippen LogP) is 3.08. The zero-order valence-corrected chi connectivity index (χ0v) is 16.4. The van der Waals surface area contributed by atoms with Gasteiger partial charge in [-0.05, 0) is 55.7 Å². The highest BCUT2D eigenvalue weighted by molar-refractivity contribution is 7.92. The van der Waals surface area contributed by atoms with Gasteiger partial charge in [0.25, 0.3) is 10.0 Å². The van der Waals surface area contributed by atoms with Crippen LogP contribution >= 0.6 is 0 Å². The summed E-state index contributed by atoms with van der Waals surface area (Å²) in [7, 11) is -3.78. The number of nitrogens with zero attached hydrogens (tertiary/aromatic N) is 1. The molecule has 1 fully saturated rings. The van der Waals surface area contributed by atoms with Crippen LogP contribution in [0.3, 0.4) is 0 Å². The Morgan fingerprint density at radius 2 is 1.79 bits per heavy atom. The van der Waals surface area contributed by atoms with E-state index in [9.17, 15) is 13.2 Å². The standard InChI is InChI=1S/C20H22N2O5S/c1-14-12-15(5-7-17(14)22-9-3-2-4-20(22)23)21-28(24,25)16-6-8-18-19(13-16)27-11-10-26-18/h5-8,12-13,21H,2-4,9-11H2,1H3. The monoisotopic (exact) mass is 402 g/mol. The minimum absolute atomic E-state index is 0.102. The van der Waals surface area contributed by atoms with Gasteiger partial charge in [0.05, 0.1) is 4.90 Å². The van der Waals surface area contributed by atoms with Crippen molar-refractivity contribution in [2.24, 2.45) is 0 Å². The Bertz CT molecular complexity index is 1020. The molecule has 2 aliphatic rings. The maximum atomic E-state index is 12.8. The van der Waals surface area contributed by atoms with Crippen LogP contribution in [0.2, 0.25) is 0 Å². The zero-order chi connectivity index (χ0) is 19.7. The Balaban J connectivity index is 1.56. The summed E-state index contributed by atoms with van der Waals surface area (Å²) in [6.45, 7) is 3.41. The normalized spacial score (nSPS) is 16.8. The molecule has 0 atom stereocenters. The molecule has 1 saturated heterocycles. The van der Waals surface area contributed by atoms with Crippen molar-refractivity contribution in [3.8, 4) is 11.5 Å². The average Bonchev–Trinajstić information content (AvgIpc) is 2.68. The number of carbonyl (C=O) groups excluding carboxylic acids is 1. The molecule has 148 valence electrons. The lowest BCUT2D eigenvalue weighted by Gasteiger charge is -2.28. The van der Waals surface area contributed by atoms with Crippen LogP contribution in [0.5, 0.6) is 11.5 Å². The van der Waals surface area contributed by atoms with Gasteiger partial charge in [0.2, 0.25) is 5.91 Å². The van der Waals surface area contributed by atoms with Gasteiger partial charge in [-0.3, -0.25) is 9.52 Å². The molecule has 0 unspecified atom stereocenters. The lowest BCUT2D eigenvalue weighted by atomic mass is 10.1. The highest BCUT2D eigenvalue weighted by Gasteiger charge is 2.22. The van der Waals surface area contributed by atoms with Gasteiger partial charge in [-0.15, -0.1) is 0 Å². The molecular weight excluding hydrogens is 380 g/mol. The van der Waals surface area contributed by atoms with Crippen molar-refractivity contribution in [3.63, 3.8) is 0 Å². The smallest absolute Gasteiger partial charge is 0.262 e. The molecule has 28 heavy (non-hydrogen) atoms. The summed E-state index contributed by atoms with van der Waals surface area (Å²) in [4.78, 5) is 14.0. The molecule has 2 aromatic carbocycles. The van der Waals surface area contributed by atoms with Crippen LogP contribution in [0.4, 0.5) is 11.4 Å². The topological polar surface area (TPSA) is 84.9 Å². The molecule has 8 heteroatoms. The zero-order valence-electron chi connectivity index (χ0n) is 15.6. The minimum Gasteiger partial charge on any atom is -0.486 e. The third kappa shape index (κ3) is 3.64. The van der Waals surface area contributed by atoms with E-state index >= 15 is 0 Å². The summed E-state index contributed by atoms with van der Waals surface area (Å²) < 4.78 is 39.0. The number of rotatable bonds is 4. The Labute approximate surface area is 164 Å². The molecule has 1 N–H and O–H groups in total. The number of aryl methyl sites for hydroxylation is 1. The first-order valence-corrected chi connectivity index (χ1v) is 10.8. The van der Waals surface area contributed by atoms with E-state index in [1.165, 1.54) is 12.1 Å². The number of amides is 1. The molecule has 0 aromatic heterocycles. The molecule has 0 bridgehead atoms. The fourth-order valence-corrected chi connectivity index (χ4v) is 4.55. The number of ether oxygens (including phenoxy) is 2. The van der Waals surface area contributed by atoms with Gasteiger partial charge in [-0.25, -0.2) is 8.42 Å². The number of piperidine rings is 1. The fourth-order valence-electron chi connectivity index (χ4n) is 3.49. The highest BCUT2D eigenvalue weighted by atomic mass is 32.2. The van der Waals surface area contributed by atoms with E-state index in [-0.39, 0.29) is 10.8 Å². The summed E-state index contributed by atoms with van der Waals surface area (Å²) in [6.07, 6.45) is 2.45. The van der Waals surface area contributed by atoms with Crippen molar-refractivity contribution in [2.75, 3.05) is 29.4 Å². The van der Waals surface area contributed by atoms with Gasteiger partial charge in [-0.1, -0.05) is 0 Å². The van der Waals surface area contributed by atoms with E-state index in [1.807, 2.05) is 6.92 Å². The Morgan fingerprint density at radius 3 is 2.54 bits per heavy atom. The number of sulfonamides is 1. The van der Waals surface area contributed by atoms with E-state index in [4.69, 9.17) is 9.47 Å². The average molecular weight is 402 g/mol. The van der Waals surface area contributed by atoms with Gasteiger partial charge in [-0.2, -0.15) is 0 Å². The maximum Gasteiger partial charge on any atom is 0.262 e. The number of hydrogen-bond donors (Lipinski definition) is 1. The molecule has 0 aliphatic carbocycles. The summed E-state index contributed by atoms with van der Waals surface area (Å²) >= 11 is 0. The molecular formula is C20H22N2O5S. The second-order valence-electron chi connectivity index (χ2n) is 6.91. The molecule has 0 radical (unpaired) electrons. The quantitative estimate of drug-likeness (QED) is 0.850. The number of carbonyl (C=O) groups is 1. The van der Waals surface area contributed by atoms with E-state index in [0.717, 1.165) is 24.1 Å². The molecule has 0 saturated carbocycles. The summed E-state index contributed by atoms with van der Waals surface area (Å²) in [5.74, 6) is 1.07. The molecule has 0 spiro atoms. The summed E-state index contributed by atoms with van der Waals surface area (Å²) in [6, 6.07) is 9.76. The Hall–Kier alpha value is -2.74. The van der Waals surface area contributed by atoms with Crippen molar-refractivity contribution in [1.82, 2.24) is 0 Å². The van der Waals surface area contributed by atoms with Crippen molar-refractivity contribution in [1.29, 1.82) is 0 Å². The highest BCUT2D eigenvalue weighted by Crippen LogP contribution is 2.33. The van der Waals surface area contributed by atoms with Gasteiger partial charge in [0, 0.05) is 30.4 Å². The Morgan fingerprint density at radius 1 is 1.00 bits per heavy atom.